The zero-order valence-electron chi connectivity index (χ0n) is 10.0. The fourth-order valence-corrected chi connectivity index (χ4v) is 2.81. The summed E-state index contributed by atoms with van der Waals surface area (Å²) in [6.45, 7) is 2.61. The van der Waals surface area contributed by atoms with Crippen LogP contribution < -0.4 is 3.13 Å². The van der Waals surface area contributed by atoms with Gasteiger partial charge in [-0.1, -0.05) is 0 Å². The van der Waals surface area contributed by atoms with Gasteiger partial charge >= 0.3 is 121 Å². The Hall–Kier alpha value is -0.148. The summed E-state index contributed by atoms with van der Waals surface area (Å²) in [5.74, 6) is 0.0651. The predicted octanol–water partition coefficient (Wildman–Crippen LogP) is 2.09. The number of hydrogen-bond acceptors (Lipinski definition) is 2. The van der Waals surface area contributed by atoms with E-state index in [1.807, 2.05) is 6.92 Å². The van der Waals surface area contributed by atoms with Crippen LogP contribution in [-0.4, -0.2) is 44.3 Å². The average Bonchev–Trinajstić information content (AvgIpc) is 2.34. The molecule has 2 atom stereocenters. The first-order valence-corrected chi connectivity index (χ1v) is 7.86. The Kier molecular flexibility index (Phi) is 6.06. The summed E-state index contributed by atoms with van der Waals surface area (Å²) < 4.78 is 40.5. The number of alkyl halides is 3. The second-order valence-corrected chi connectivity index (χ2v) is 5.88. The average molecular weight is 451 g/mol. The predicted molar refractivity (Wildman–Crippen MR) is 64.2 cm³/mol. The fraction of sp³-hybridized carbons (Fsp3) is 0.500. The SMILES string of the molecule is C[C@@H](CO)C(C[NH][Tl])c1ccc(C(F)(F)F)cc1. The van der Waals surface area contributed by atoms with Crippen molar-refractivity contribution in [2.45, 2.75) is 19.0 Å². The molecule has 1 aromatic carbocycles. The third-order valence-electron chi connectivity index (χ3n) is 2.98. The Labute approximate surface area is 121 Å². The molecule has 1 unspecified atom stereocenters. The van der Waals surface area contributed by atoms with E-state index in [-0.39, 0.29) is 18.4 Å². The van der Waals surface area contributed by atoms with E-state index in [1.165, 1.54) is 12.1 Å². The molecule has 0 aliphatic rings. The van der Waals surface area contributed by atoms with Gasteiger partial charge in [-0.2, -0.15) is 0 Å². The second kappa shape index (κ2) is 6.86. The summed E-state index contributed by atoms with van der Waals surface area (Å²) >= 11 is 0.623. The molecule has 0 saturated carbocycles. The van der Waals surface area contributed by atoms with Crippen LogP contribution in [0.3, 0.4) is 0 Å². The molecule has 0 saturated heterocycles. The monoisotopic (exact) mass is 451 g/mol. The zero-order valence-corrected chi connectivity index (χ0v) is 14.5. The number of halogens is 3. The summed E-state index contributed by atoms with van der Waals surface area (Å²) in [5, 5.41) is 9.18. The van der Waals surface area contributed by atoms with Crippen molar-refractivity contribution in [1.29, 1.82) is 0 Å². The van der Waals surface area contributed by atoms with Crippen molar-refractivity contribution in [2.75, 3.05) is 13.2 Å². The van der Waals surface area contributed by atoms with Gasteiger partial charge in [0.25, 0.3) is 0 Å². The van der Waals surface area contributed by atoms with Crippen molar-refractivity contribution in [3.8, 4) is 0 Å². The molecule has 0 aromatic heterocycles. The molecule has 0 bridgehead atoms. The maximum absolute atomic E-state index is 12.4. The van der Waals surface area contributed by atoms with Gasteiger partial charge in [-0.3, -0.25) is 0 Å². The maximum atomic E-state index is 12.4. The van der Waals surface area contributed by atoms with Gasteiger partial charge in [0.1, 0.15) is 0 Å². The number of nitrogens with one attached hydrogen (secondary N) is 1. The third-order valence-corrected chi connectivity index (χ3v) is 3.90. The Morgan fingerprint density at radius 3 is 2.22 bits per heavy atom. The van der Waals surface area contributed by atoms with E-state index < -0.39 is 11.7 Å². The van der Waals surface area contributed by atoms with E-state index in [0.717, 1.165) is 17.7 Å². The van der Waals surface area contributed by atoms with Crippen molar-refractivity contribution < 1.29 is 18.3 Å². The topological polar surface area (TPSA) is 32.3 Å². The van der Waals surface area contributed by atoms with Crippen molar-refractivity contribution in [1.82, 2.24) is 3.13 Å². The normalized spacial score (nSPS) is 15.3. The quantitative estimate of drug-likeness (QED) is 0.674. The molecule has 2 nitrogen and oxygen atoms in total. The van der Waals surface area contributed by atoms with Crippen LogP contribution in [0.5, 0.6) is 0 Å². The summed E-state index contributed by atoms with van der Waals surface area (Å²) in [7, 11) is 0. The Bertz CT molecular complexity index is 367. The van der Waals surface area contributed by atoms with Gasteiger partial charge in [-0.05, 0) is 0 Å². The number of hydrogen-bond donors (Lipinski definition) is 2. The number of rotatable bonds is 5. The van der Waals surface area contributed by atoms with Gasteiger partial charge < -0.3 is 0 Å². The van der Waals surface area contributed by atoms with Gasteiger partial charge in [-0.15, -0.1) is 0 Å². The van der Waals surface area contributed by atoms with Crippen molar-refractivity contribution in [3.63, 3.8) is 0 Å². The first-order chi connectivity index (χ1) is 8.40. The van der Waals surface area contributed by atoms with E-state index in [2.05, 4.69) is 3.13 Å². The van der Waals surface area contributed by atoms with Gasteiger partial charge in [0.2, 0.25) is 0 Å². The second-order valence-electron chi connectivity index (χ2n) is 4.29. The summed E-state index contributed by atoms with van der Waals surface area (Å²) in [5.41, 5.74) is 0.194. The van der Waals surface area contributed by atoms with E-state index in [4.69, 9.17) is 0 Å². The molecule has 1 aromatic rings. The summed E-state index contributed by atoms with van der Waals surface area (Å²) in [4.78, 5) is 0. The van der Waals surface area contributed by atoms with Crippen LogP contribution in [0, 0.1) is 5.92 Å². The molecular weight excluding hydrogens is 436 g/mol. The summed E-state index contributed by atoms with van der Waals surface area (Å²) in [6, 6.07) is 5.20. The van der Waals surface area contributed by atoms with Crippen LogP contribution >= 0.6 is 0 Å². The molecule has 1 rings (SSSR count). The van der Waals surface area contributed by atoms with E-state index in [9.17, 15) is 18.3 Å². The number of aliphatic hydroxyl groups excluding tert-OH is 1. The molecule has 18 heavy (non-hydrogen) atoms. The molecule has 0 fully saturated rings. The van der Waals surface area contributed by atoms with E-state index >= 15 is 0 Å². The standard InChI is InChI=1S/C12H15F3NO.Tl/c1-8(7-17)11(6-16)9-2-4-10(5-3-9)12(13,14)15;/h2-5,8,11,16-17H,6-7H2,1H3;/q-1;+1/t8-,11?;/m0./s1. The molecule has 0 spiro atoms. The minimum absolute atomic E-state index is 0.0213. The third kappa shape index (κ3) is 4.20. The molecule has 0 heterocycles. The van der Waals surface area contributed by atoms with Crippen LogP contribution in [0.1, 0.15) is 24.0 Å². The van der Waals surface area contributed by atoms with Crippen molar-refractivity contribution >= 4 is 26.1 Å². The summed E-state index contributed by atoms with van der Waals surface area (Å²) in [6.07, 6.45) is -4.30. The van der Waals surface area contributed by atoms with Crippen LogP contribution in [-0.2, 0) is 6.18 Å². The number of benzene rings is 1. The van der Waals surface area contributed by atoms with E-state index in [1.54, 1.807) is 0 Å². The van der Waals surface area contributed by atoms with E-state index in [0.29, 0.717) is 32.6 Å². The minimum atomic E-state index is -4.30. The first kappa shape index (κ1) is 15.9. The molecule has 98 valence electrons. The van der Waals surface area contributed by atoms with Crippen LogP contribution in [0.4, 0.5) is 13.2 Å². The van der Waals surface area contributed by atoms with Crippen LogP contribution in [0.2, 0.25) is 0 Å². The van der Waals surface area contributed by atoms with Gasteiger partial charge in [0.05, 0.1) is 0 Å². The molecule has 0 aliphatic heterocycles. The Morgan fingerprint density at radius 1 is 1.28 bits per heavy atom. The molecule has 0 aliphatic carbocycles. The Morgan fingerprint density at radius 2 is 1.83 bits per heavy atom. The molecule has 0 amide bonds. The molecule has 6 heteroatoms. The van der Waals surface area contributed by atoms with Gasteiger partial charge in [0.15, 0.2) is 0 Å². The Balaban J connectivity index is 2.93. The molecular formula is C12H15F3NOTl. The molecule has 0 radical (unpaired) electrons. The van der Waals surface area contributed by atoms with Crippen LogP contribution in [0.15, 0.2) is 24.3 Å². The van der Waals surface area contributed by atoms with Crippen LogP contribution in [0.25, 0.3) is 0 Å². The zero-order chi connectivity index (χ0) is 13.8. The fourth-order valence-electron chi connectivity index (χ4n) is 1.82. The first-order valence-electron chi connectivity index (χ1n) is 5.61. The van der Waals surface area contributed by atoms with Crippen molar-refractivity contribution in [2.24, 2.45) is 5.92 Å². The van der Waals surface area contributed by atoms with Crippen molar-refractivity contribution in [3.05, 3.63) is 35.4 Å². The van der Waals surface area contributed by atoms with Gasteiger partial charge in [0, 0.05) is 0 Å². The molecule has 2 N–H and O–H groups in total. The van der Waals surface area contributed by atoms with Gasteiger partial charge in [-0.25, -0.2) is 0 Å². The number of aliphatic hydroxyl groups is 1.